The Hall–Kier alpha value is -3.29. The fraction of sp³-hybridized carbons (Fsp3) is 0.350. The van der Waals surface area contributed by atoms with Crippen molar-refractivity contribution in [2.45, 2.75) is 38.3 Å². The van der Waals surface area contributed by atoms with Crippen molar-refractivity contribution in [2.24, 2.45) is 10.7 Å². The van der Waals surface area contributed by atoms with Crippen LogP contribution in [0.25, 0.3) is 0 Å². The fourth-order valence-corrected chi connectivity index (χ4v) is 3.80. The van der Waals surface area contributed by atoms with E-state index in [2.05, 4.69) is 10.3 Å². The molecule has 3 N–H and O–H groups in total. The summed E-state index contributed by atoms with van der Waals surface area (Å²) < 4.78 is 11.4. The molecule has 146 valence electrons. The first-order chi connectivity index (χ1) is 13.1. The van der Waals surface area contributed by atoms with Gasteiger partial charge in [0.15, 0.2) is 17.3 Å². The summed E-state index contributed by atoms with van der Waals surface area (Å²) in [5.41, 5.74) is 5.27. The van der Waals surface area contributed by atoms with E-state index in [0.29, 0.717) is 29.2 Å². The second-order valence-corrected chi connectivity index (χ2v) is 7.81. The number of carbonyl (C=O) groups is 2. The van der Waals surface area contributed by atoms with Gasteiger partial charge in [-0.1, -0.05) is 0 Å². The zero-order valence-electron chi connectivity index (χ0n) is 16.2. The lowest BCUT2D eigenvalue weighted by molar-refractivity contribution is -0.133. The normalized spacial score (nSPS) is 22.6. The molecule has 28 heavy (non-hydrogen) atoms. The number of anilines is 1. The van der Waals surface area contributed by atoms with Crippen molar-refractivity contribution in [3.8, 4) is 5.75 Å². The number of aryl methyl sites for hydroxylation is 1. The first-order valence-electron chi connectivity index (χ1n) is 8.96. The number of nitrogens with one attached hydrogen (secondary N) is 1. The van der Waals surface area contributed by atoms with Crippen LogP contribution in [0.15, 0.2) is 39.7 Å². The molecule has 1 unspecified atom stereocenters. The molecule has 0 aliphatic carbocycles. The molecule has 0 saturated carbocycles. The average molecular weight is 382 g/mol. The van der Waals surface area contributed by atoms with Crippen LogP contribution in [0.2, 0.25) is 0 Å². The Labute approximate surface area is 162 Å². The van der Waals surface area contributed by atoms with Gasteiger partial charge in [-0.2, -0.15) is 0 Å². The number of guanidine groups is 1. The summed E-state index contributed by atoms with van der Waals surface area (Å²) in [5.74, 6) is 0.970. The highest BCUT2D eigenvalue weighted by Gasteiger charge is 2.55. The van der Waals surface area contributed by atoms with E-state index in [1.807, 2.05) is 13.8 Å². The van der Waals surface area contributed by atoms with Gasteiger partial charge in [0.05, 0.1) is 0 Å². The van der Waals surface area contributed by atoms with Gasteiger partial charge < -0.3 is 20.2 Å². The maximum Gasteiger partial charge on any atom is 0.291 e. The first kappa shape index (κ1) is 18.1. The van der Waals surface area contributed by atoms with Crippen LogP contribution < -0.4 is 15.8 Å². The van der Waals surface area contributed by atoms with Gasteiger partial charge in [-0.3, -0.25) is 14.5 Å². The van der Waals surface area contributed by atoms with Gasteiger partial charge >= 0.3 is 0 Å². The Morgan fingerprint density at radius 1 is 1.29 bits per heavy atom. The third-order valence-electron chi connectivity index (χ3n) is 5.02. The molecular formula is C20H22N4O4. The lowest BCUT2D eigenvalue weighted by Crippen LogP contribution is -2.49. The van der Waals surface area contributed by atoms with E-state index in [0.717, 1.165) is 0 Å². The summed E-state index contributed by atoms with van der Waals surface area (Å²) in [5, 5.41) is 2.79. The average Bonchev–Trinajstić information content (AvgIpc) is 3.13. The monoisotopic (exact) mass is 382 g/mol. The molecule has 8 nitrogen and oxygen atoms in total. The van der Waals surface area contributed by atoms with Crippen LogP contribution in [-0.4, -0.2) is 35.3 Å². The van der Waals surface area contributed by atoms with Gasteiger partial charge in [-0.25, -0.2) is 4.99 Å². The molecule has 0 saturated heterocycles. The van der Waals surface area contributed by atoms with E-state index in [1.165, 1.54) is 4.90 Å². The van der Waals surface area contributed by atoms with Gasteiger partial charge in [0, 0.05) is 24.7 Å². The predicted molar refractivity (Wildman–Crippen MR) is 103 cm³/mol. The number of aliphatic imine (C=N–C) groups is 1. The van der Waals surface area contributed by atoms with Crippen LogP contribution >= 0.6 is 0 Å². The van der Waals surface area contributed by atoms with Crippen molar-refractivity contribution in [1.29, 1.82) is 0 Å². The number of ether oxygens (including phenoxy) is 1. The number of likely N-dealkylation sites (N-methyl/N-ethyl adjacent to an activating group) is 1. The van der Waals surface area contributed by atoms with E-state index in [4.69, 9.17) is 14.9 Å². The van der Waals surface area contributed by atoms with Gasteiger partial charge in [0.25, 0.3) is 11.8 Å². The van der Waals surface area contributed by atoms with Crippen LogP contribution in [0, 0.1) is 6.92 Å². The maximum absolute atomic E-state index is 13.1. The third kappa shape index (κ3) is 2.72. The summed E-state index contributed by atoms with van der Waals surface area (Å²) >= 11 is 0. The summed E-state index contributed by atoms with van der Waals surface area (Å²) in [6.07, 6.45) is 0.339. The fourth-order valence-electron chi connectivity index (χ4n) is 3.80. The molecule has 1 aromatic carbocycles. The van der Waals surface area contributed by atoms with Crippen LogP contribution in [0.4, 0.5) is 5.69 Å². The predicted octanol–water partition coefficient (Wildman–Crippen LogP) is 2.38. The molecule has 3 heterocycles. The summed E-state index contributed by atoms with van der Waals surface area (Å²) in [7, 11) is 1.60. The number of furan rings is 1. The summed E-state index contributed by atoms with van der Waals surface area (Å²) in [6, 6.07) is 8.50. The Morgan fingerprint density at radius 3 is 2.64 bits per heavy atom. The highest BCUT2D eigenvalue weighted by atomic mass is 16.5. The Kier molecular flexibility index (Phi) is 3.78. The lowest BCUT2D eigenvalue weighted by Gasteiger charge is -2.41. The second kappa shape index (κ2) is 5.85. The quantitative estimate of drug-likeness (QED) is 0.829. The number of nitrogens with zero attached hydrogens (tertiary/aromatic N) is 2. The number of rotatable bonds is 2. The van der Waals surface area contributed by atoms with Crippen molar-refractivity contribution in [1.82, 2.24) is 4.90 Å². The Morgan fingerprint density at radius 2 is 2.04 bits per heavy atom. The Balaban J connectivity index is 1.76. The van der Waals surface area contributed by atoms with Crippen LogP contribution in [0.3, 0.4) is 0 Å². The number of fused-ring (bicyclic) bond motifs is 2. The molecule has 2 aromatic rings. The number of hydrogen-bond acceptors (Lipinski definition) is 6. The second-order valence-electron chi connectivity index (χ2n) is 7.81. The van der Waals surface area contributed by atoms with Crippen LogP contribution in [0.1, 0.15) is 42.1 Å². The van der Waals surface area contributed by atoms with Gasteiger partial charge in [0.2, 0.25) is 0 Å². The maximum atomic E-state index is 13.1. The summed E-state index contributed by atoms with van der Waals surface area (Å²) in [4.78, 5) is 31.4. The molecule has 2 amide bonds. The topological polar surface area (TPSA) is 110 Å². The number of hydrogen-bond donors (Lipinski definition) is 2. The molecule has 0 radical (unpaired) electrons. The molecule has 8 heteroatoms. The van der Waals surface area contributed by atoms with Crippen molar-refractivity contribution in [3.63, 3.8) is 0 Å². The van der Waals surface area contributed by atoms with Crippen LogP contribution in [-0.2, 0) is 10.3 Å². The highest BCUT2D eigenvalue weighted by Crippen LogP contribution is 2.49. The number of benzene rings is 1. The first-order valence-corrected chi connectivity index (χ1v) is 8.96. The zero-order valence-corrected chi connectivity index (χ0v) is 16.2. The number of carbonyl (C=O) groups excluding carboxylic acids is 2. The van der Waals surface area contributed by atoms with Crippen molar-refractivity contribution in [3.05, 3.63) is 47.4 Å². The van der Waals surface area contributed by atoms with Gasteiger partial charge in [-0.15, -0.1) is 0 Å². The molecule has 2 aliphatic heterocycles. The van der Waals surface area contributed by atoms with E-state index in [9.17, 15) is 9.59 Å². The summed E-state index contributed by atoms with van der Waals surface area (Å²) in [6.45, 7) is 5.58. The molecular weight excluding hydrogens is 360 g/mol. The van der Waals surface area contributed by atoms with Gasteiger partial charge in [0.1, 0.15) is 17.1 Å². The molecule has 4 rings (SSSR count). The van der Waals surface area contributed by atoms with Crippen LogP contribution in [0.5, 0.6) is 5.75 Å². The third-order valence-corrected chi connectivity index (χ3v) is 5.02. The molecule has 2 aliphatic rings. The SMILES string of the molecule is Cc1ccc(C(=O)Nc2ccc3c(c2)C2(CC(C)(C)O3)N=C(N)N(C)C2=O)o1. The van der Waals surface area contributed by atoms with E-state index in [1.54, 1.807) is 44.3 Å². The standard InChI is InChI=1S/C20H22N4O4/c1-11-5-7-15(27-11)16(25)22-12-6-8-14-13(9-12)20(10-19(2,3)28-14)17(26)24(4)18(21)23-20/h5-9H,10H2,1-4H3,(H2,21,23)(H,22,25). The largest absolute Gasteiger partial charge is 0.487 e. The molecule has 0 bridgehead atoms. The molecule has 1 aromatic heterocycles. The Bertz CT molecular complexity index is 1020. The number of nitrogens with two attached hydrogens (primary N) is 1. The minimum Gasteiger partial charge on any atom is -0.487 e. The highest BCUT2D eigenvalue weighted by molar-refractivity contribution is 6.08. The minimum atomic E-state index is -1.17. The zero-order chi connectivity index (χ0) is 20.3. The van der Waals surface area contributed by atoms with Gasteiger partial charge in [-0.05, 0) is 51.1 Å². The smallest absolute Gasteiger partial charge is 0.291 e. The van der Waals surface area contributed by atoms with E-state index < -0.39 is 11.1 Å². The van der Waals surface area contributed by atoms with Crippen molar-refractivity contribution >= 4 is 23.5 Å². The lowest BCUT2D eigenvalue weighted by atomic mass is 9.77. The van der Waals surface area contributed by atoms with Crippen molar-refractivity contribution in [2.75, 3.05) is 12.4 Å². The molecule has 1 atom stereocenters. The molecule has 1 spiro atoms. The molecule has 0 fully saturated rings. The van der Waals surface area contributed by atoms with E-state index in [-0.39, 0.29) is 23.5 Å². The number of amides is 2. The minimum absolute atomic E-state index is 0.161. The van der Waals surface area contributed by atoms with Crippen molar-refractivity contribution < 1.29 is 18.7 Å². The van der Waals surface area contributed by atoms with E-state index >= 15 is 0 Å².